The van der Waals surface area contributed by atoms with Crippen molar-refractivity contribution in [2.75, 3.05) is 0 Å². The van der Waals surface area contributed by atoms with Gasteiger partial charge in [-0.15, -0.1) is 0 Å². The van der Waals surface area contributed by atoms with E-state index in [1.54, 1.807) is 0 Å². The third-order valence-corrected chi connectivity index (χ3v) is 2.73. The maximum absolute atomic E-state index is 4.44. The highest BCUT2D eigenvalue weighted by molar-refractivity contribution is 5.80. The number of hydrogen-bond acceptors (Lipinski definition) is 1. The van der Waals surface area contributed by atoms with E-state index >= 15 is 0 Å². The SMILES string of the molecule is C1=c2cnc3ccccc3c2=CCC1. The largest absolute Gasteiger partial charge is 0.256 e. The topological polar surface area (TPSA) is 12.9 Å². The molecule has 0 unspecified atom stereocenters. The first-order chi connectivity index (χ1) is 6.95. The van der Waals surface area contributed by atoms with Crippen molar-refractivity contribution in [1.82, 2.24) is 4.98 Å². The molecule has 0 radical (unpaired) electrons. The molecule has 1 aromatic heterocycles. The van der Waals surface area contributed by atoms with Crippen LogP contribution < -0.4 is 10.4 Å². The van der Waals surface area contributed by atoms with Gasteiger partial charge < -0.3 is 0 Å². The third-order valence-electron chi connectivity index (χ3n) is 2.73. The molecule has 1 aliphatic carbocycles. The summed E-state index contributed by atoms with van der Waals surface area (Å²) in [6, 6.07) is 8.33. The maximum Gasteiger partial charge on any atom is 0.0708 e. The van der Waals surface area contributed by atoms with E-state index in [9.17, 15) is 0 Å². The minimum absolute atomic E-state index is 1.10. The lowest BCUT2D eigenvalue weighted by atomic mass is 10.1. The van der Waals surface area contributed by atoms with Crippen molar-refractivity contribution in [3.05, 3.63) is 40.9 Å². The molecule has 3 rings (SSSR count). The standard InChI is InChI=1S/C13H11N/c1-2-6-11-10(5-1)9-14-13-8-4-3-7-12(11)13/h3-9H,1-2H2. The minimum Gasteiger partial charge on any atom is -0.256 e. The lowest BCUT2D eigenvalue weighted by Crippen LogP contribution is -2.27. The predicted octanol–water partition coefficient (Wildman–Crippen LogP) is 1.59. The normalized spacial score (nSPS) is 14.3. The fraction of sp³-hybridized carbons (Fsp3) is 0.154. The van der Waals surface area contributed by atoms with Gasteiger partial charge in [-0.1, -0.05) is 30.4 Å². The summed E-state index contributed by atoms with van der Waals surface area (Å²) in [5.74, 6) is 0. The lowest BCUT2D eigenvalue weighted by molar-refractivity contribution is 1.11. The zero-order valence-electron chi connectivity index (χ0n) is 7.90. The van der Waals surface area contributed by atoms with Crippen LogP contribution in [0.5, 0.6) is 0 Å². The molecule has 0 fully saturated rings. The van der Waals surface area contributed by atoms with Crippen molar-refractivity contribution in [2.24, 2.45) is 0 Å². The van der Waals surface area contributed by atoms with Crippen LogP contribution in [0.2, 0.25) is 0 Å². The van der Waals surface area contributed by atoms with Crippen LogP contribution in [-0.4, -0.2) is 4.98 Å². The maximum atomic E-state index is 4.44. The Bertz CT molecular complexity index is 596. The van der Waals surface area contributed by atoms with E-state index in [1.165, 1.54) is 15.8 Å². The van der Waals surface area contributed by atoms with Gasteiger partial charge in [0, 0.05) is 11.6 Å². The Morgan fingerprint density at radius 3 is 2.86 bits per heavy atom. The van der Waals surface area contributed by atoms with Crippen LogP contribution in [0.15, 0.2) is 30.5 Å². The number of pyridine rings is 1. The molecular weight excluding hydrogens is 170 g/mol. The van der Waals surface area contributed by atoms with Crippen molar-refractivity contribution in [3.63, 3.8) is 0 Å². The summed E-state index contributed by atoms with van der Waals surface area (Å²) >= 11 is 0. The molecule has 1 heteroatoms. The second kappa shape index (κ2) is 2.95. The van der Waals surface area contributed by atoms with E-state index in [-0.39, 0.29) is 0 Å². The number of benzene rings is 1. The average molecular weight is 181 g/mol. The van der Waals surface area contributed by atoms with Crippen LogP contribution >= 0.6 is 0 Å². The van der Waals surface area contributed by atoms with E-state index in [0.717, 1.165) is 18.4 Å². The van der Waals surface area contributed by atoms with Crippen LogP contribution in [-0.2, 0) is 0 Å². The molecule has 1 aromatic carbocycles. The quantitative estimate of drug-likeness (QED) is 0.601. The Labute approximate surface area is 82.4 Å². The first-order valence-corrected chi connectivity index (χ1v) is 4.99. The van der Waals surface area contributed by atoms with Gasteiger partial charge in [-0.2, -0.15) is 0 Å². The molecule has 1 aliphatic rings. The molecule has 0 atom stereocenters. The predicted molar refractivity (Wildman–Crippen MR) is 59.2 cm³/mol. The Morgan fingerprint density at radius 1 is 1.00 bits per heavy atom. The van der Waals surface area contributed by atoms with Crippen molar-refractivity contribution in [2.45, 2.75) is 12.8 Å². The summed E-state index contributed by atoms with van der Waals surface area (Å²) in [7, 11) is 0. The summed E-state index contributed by atoms with van der Waals surface area (Å²) in [6.45, 7) is 0. The number of aromatic nitrogens is 1. The molecule has 0 N–H and O–H groups in total. The van der Waals surface area contributed by atoms with Crippen LogP contribution in [0, 0.1) is 0 Å². The van der Waals surface area contributed by atoms with E-state index in [1.807, 2.05) is 12.3 Å². The van der Waals surface area contributed by atoms with Gasteiger partial charge in [-0.05, 0) is 29.3 Å². The van der Waals surface area contributed by atoms with Gasteiger partial charge in [0.1, 0.15) is 0 Å². The van der Waals surface area contributed by atoms with Crippen LogP contribution in [0.4, 0.5) is 0 Å². The number of nitrogens with zero attached hydrogens (tertiary/aromatic N) is 1. The molecular formula is C13H11N. The monoisotopic (exact) mass is 181 g/mol. The van der Waals surface area contributed by atoms with Crippen LogP contribution in [0.3, 0.4) is 0 Å². The molecule has 2 aromatic rings. The van der Waals surface area contributed by atoms with Gasteiger partial charge in [-0.3, -0.25) is 4.98 Å². The fourth-order valence-corrected chi connectivity index (χ4v) is 2.04. The van der Waals surface area contributed by atoms with E-state index in [4.69, 9.17) is 0 Å². The highest BCUT2D eigenvalue weighted by atomic mass is 14.6. The minimum atomic E-state index is 1.10. The van der Waals surface area contributed by atoms with Gasteiger partial charge in [0.25, 0.3) is 0 Å². The molecule has 0 bridgehead atoms. The van der Waals surface area contributed by atoms with Crippen molar-refractivity contribution < 1.29 is 0 Å². The van der Waals surface area contributed by atoms with Gasteiger partial charge in [0.2, 0.25) is 0 Å². The van der Waals surface area contributed by atoms with Gasteiger partial charge in [0.05, 0.1) is 5.52 Å². The summed E-state index contributed by atoms with van der Waals surface area (Å²) < 4.78 is 0. The van der Waals surface area contributed by atoms with E-state index in [2.05, 4.69) is 35.3 Å². The first-order valence-electron chi connectivity index (χ1n) is 4.99. The molecule has 68 valence electrons. The number of para-hydroxylation sites is 1. The summed E-state index contributed by atoms with van der Waals surface area (Å²) in [5.41, 5.74) is 1.10. The van der Waals surface area contributed by atoms with Crippen LogP contribution in [0.1, 0.15) is 12.8 Å². The summed E-state index contributed by atoms with van der Waals surface area (Å²) in [4.78, 5) is 4.44. The zero-order valence-corrected chi connectivity index (χ0v) is 7.90. The van der Waals surface area contributed by atoms with Crippen molar-refractivity contribution in [3.8, 4) is 0 Å². The lowest BCUT2D eigenvalue weighted by Gasteiger charge is -2.02. The summed E-state index contributed by atoms with van der Waals surface area (Å²) in [6.07, 6.45) is 8.87. The second-order valence-electron chi connectivity index (χ2n) is 3.63. The van der Waals surface area contributed by atoms with E-state index in [0.29, 0.717) is 0 Å². The van der Waals surface area contributed by atoms with Crippen molar-refractivity contribution >= 4 is 23.1 Å². The molecule has 14 heavy (non-hydrogen) atoms. The Hall–Kier alpha value is -1.63. The molecule has 0 aliphatic heterocycles. The third kappa shape index (κ3) is 1.06. The smallest absolute Gasteiger partial charge is 0.0708 e. The van der Waals surface area contributed by atoms with Gasteiger partial charge in [0.15, 0.2) is 0 Å². The molecule has 1 heterocycles. The van der Waals surface area contributed by atoms with Crippen LogP contribution in [0.25, 0.3) is 23.1 Å². The Balaban J connectivity index is 2.60. The number of rotatable bonds is 0. The number of fused-ring (bicyclic) bond motifs is 3. The van der Waals surface area contributed by atoms with Crippen molar-refractivity contribution in [1.29, 1.82) is 0 Å². The zero-order chi connectivity index (χ0) is 9.38. The average Bonchev–Trinajstić information content (AvgIpc) is 2.29. The second-order valence-corrected chi connectivity index (χ2v) is 3.63. The molecule has 0 spiro atoms. The summed E-state index contributed by atoms with van der Waals surface area (Å²) in [5, 5.41) is 3.93. The first kappa shape index (κ1) is 7.74. The Morgan fingerprint density at radius 2 is 1.86 bits per heavy atom. The number of hydrogen-bond donors (Lipinski definition) is 0. The highest BCUT2D eigenvalue weighted by Gasteiger charge is 1.99. The van der Waals surface area contributed by atoms with Gasteiger partial charge in [-0.25, -0.2) is 0 Å². The fourth-order valence-electron chi connectivity index (χ4n) is 2.04. The molecule has 0 amide bonds. The molecule has 0 saturated carbocycles. The molecule has 1 nitrogen and oxygen atoms in total. The highest BCUT2D eigenvalue weighted by Crippen LogP contribution is 2.05. The van der Waals surface area contributed by atoms with E-state index < -0.39 is 0 Å². The molecule has 0 saturated heterocycles. The van der Waals surface area contributed by atoms with Gasteiger partial charge >= 0.3 is 0 Å². The Kier molecular flexibility index (Phi) is 1.63.